The van der Waals surface area contributed by atoms with E-state index in [1.165, 1.54) is 124 Å². The van der Waals surface area contributed by atoms with Crippen LogP contribution in [0.25, 0.3) is 0 Å². The fourth-order valence-corrected chi connectivity index (χ4v) is 8.11. The average Bonchev–Trinajstić information content (AvgIpc) is 3.28. The Morgan fingerprint density at radius 1 is 0.464 bits per heavy atom. The van der Waals surface area contributed by atoms with Gasteiger partial charge in [0.05, 0.1) is 0 Å². The number of piperidine rings is 2. The smallest absolute Gasteiger partial charge is 0.0121 e. The van der Waals surface area contributed by atoms with Crippen LogP contribution in [0, 0.1) is 17.8 Å². The van der Waals surface area contributed by atoms with Crippen LogP contribution in [0.1, 0.15) is 142 Å². The highest BCUT2D eigenvalue weighted by Crippen LogP contribution is 2.19. The largest absolute Gasteiger partial charge is 0.330 e. The standard InChI is InChI=1S/C13H27N3.C10H22N2.C8H18N2.C8H20N2.C7H17N.C6H15N.C5H13N/c1-12(2)15-6-4-13(5-7-15)16-10-8-14(3)9-11-16;1-9(2)12-7-5-10(6-8-12)11(3)4;1-8(2)10-6-4-9(3)5-7-10;1-8(2)10(5)7-6-9(3)4;1-7(2)5-6-8(3)4;1-6(2)4-5-7-3;1-5(2)3-4-6/h12-13H,4-11H2,1-3H3;9-10H,5-8H2,1-4H3;8H,4-7H2,1-3H3;8H,6-7H2,1-5H3;7H,5-6H2,1-4H3;6-7H,4-5H2,1-3H3;5H,3-4,6H2,1-2H3. The molecule has 12 heteroatoms. The minimum absolute atomic E-state index is 0.667. The molecule has 4 heterocycles. The predicted octanol–water partition coefficient (Wildman–Crippen LogP) is 7.90. The van der Waals surface area contributed by atoms with E-state index in [0.717, 1.165) is 80.6 Å². The molecule has 0 aromatic heterocycles. The molecule has 0 radical (unpaired) electrons. The summed E-state index contributed by atoms with van der Waals surface area (Å²) in [6.07, 6.45) is 9.18. The van der Waals surface area contributed by atoms with Gasteiger partial charge in [0.1, 0.15) is 0 Å². The van der Waals surface area contributed by atoms with Crippen LogP contribution in [0.4, 0.5) is 0 Å². The second-order valence-electron chi connectivity index (χ2n) is 24.1. The molecule has 0 unspecified atom stereocenters. The second-order valence-corrected chi connectivity index (χ2v) is 24.1. The van der Waals surface area contributed by atoms with Crippen molar-refractivity contribution in [3.8, 4) is 0 Å². The van der Waals surface area contributed by atoms with Crippen molar-refractivity contribution >= 4 is 0 Å². The van der Waals surface area contributed by atoms with Crippen LogP contribution in [0.2, 0.25) is 0 Å². The third-order valence-electron chi connectivity index (χ3n) is 14.2. The van der Waals surface area contributed by atoms with Gasteiger partial charge < -0.3 is 50.2 Å². The average molecular weight is 986 g/mol. The van der Waals surface area contributed by atoms with E-state index < -0.39 is 0 Å². The van der Waals surface area contributed by atoms with Crippen LogP contribution in [0.3, 0.4) is 0 Å². The van der Waals surface area contributed by atoms with Gasteiger partial charge in [-0.1, -0.05) is 41.5 Å². The van der Waals surface area contributed by atoms with Gasteiger partial charge in [-0.3, -0.25) is 9.80 Å². The quantitative estimate of drug-likeness (QED) is 0.149. The van der Waals surface area contributed by atoms with Crippen LogP contribution in [0.5, 0.6) is 0 Å². The lowest BCUT2D eigenvalue weighted by molar-refractivity contribution is 0.0592. The van der Waals surface area contributed by atoms with Crippen molar-refractivity contribution in [2.75, 3.05) is 182 Å². The molecular formula is C57H132N12. The molecule has 4 aliphatic heterocycles. The maximum atomic E-state index is 5.23. The Balaban J connectivity index is -0.000000755. The zero-order valence-corrected chi connectivity index (χ0v) is 51.7. The Morgan fingerprint density at radius 2 is 0.841 bits per heavy atom. The number of rotatable bonds is 17. The first-order valence-electron chi connectivity index (χ1n) is 28.5. The number of hydrogen-bond donors (Lipinski definition) is 2. The van der Waals surface area contributed by atoms with Crippen molar-refractivity contribution in [2.24, 2.45) is 23.5 Å². The summed E-state index contributed by atoms with van der Waals surface area (Å²) in [7, 11) is 21.4. The van der Waals surface area contributed by atoms with Crippen molar-refractivity contribution in [2.45, 2.75) is 178 Å². The molecule has 69 heavy (non-hydrogen) atoms. The first-order chi connectivity index (χ1) is 32.2. The van der Waals surface area contributed by atoms with Gasteiger partial charge in [0.2, 0.25) is 0 Å². The molecule has 0 spiro atoms. The zero-order valence-electron chi connectivity index (χ0n) is 51.7. The van der Waals surface area contributed by atoms with Gasteiger partial charge >= 0.3 is 0 Å². The Labute approximate surface area is 436 Å². The van der Waals surface area contributed by atoms with Gasteiger partial charge in [0.15, 0.2) is 0 Å². The van der Waals surface area contributed by atoms with Gasteiger partial charge in [0, 0.05) is 102 Å². The molecule has 0 saturated carbocycles. The van der Waals surface area contributed by atoms with Crippen LogP contribution in [0.15, 0.2) is 0 Å². The molecule has 0 aromatic rings. The summed E-state index contributed by atoms with van der Waals surface area (Å²) in [6, 6.07) is 4.54. The monoisotopic (exact) mass is 985 g/mol. The highest BCUT2D eigenvalue weighted by molar-refractivity contribution is 4.84. The normalized spacial score (nSPS) is 18.8. The molecule has 3 N–H and O–H groups in total. The van der Waals surface area contributed by atoms with Gasteiger partial charge in [-0.05, 0) is 234 Å². The third-order valence-corrected chi connectivity index (χ3v) is 14.2. The molecule has 0 aromatic carbocycles. The molecule has 12 nitrogen and oxygen atoms in total. The van der Waals surface area contributed by atoms with E-state index in [1.807, 2.05) is 7.05 Å². The lowest BCUT2D eigenvalue weighted by atomic mass is 10.0. The van der Waals surface area contributed by atoms with Crippen LogP contribution < -0.4 is 11.1 Å². The number of likely N-dealkylation sites (tertiary alicyclic amines) is 2. The number of nitrogens with zero attached hydrogens (tertiary/aromatic N) is 10. The van der Waals surface area contributed by atoms with E-state index in [-0.39, 0.29) is 0 Å². The molecule has 4 saturated heterocycles. The lowest BCUT2D eigenvalue weighted by Crippen LogP contribution is -2.53. The van der Waals surface area contributed by atoms with E-state index >= 15 is 0 Å². The second kappa shape index (κ2) is 45.0. The summed E-state index contributed by atoms with van der Waals surface area (Å²) in [6.45, 7) is 52.2. The van der Waals surface area contributed by atoms with E-state index in [1.54, 1.807) is 0 Å². The fourth-order valence-electron chi connectivity index (χ4n) is 8.11. The molecule has 4 aliphatic rings. The number of piperazine rings is 2. The molecule has 0 amide bonds. The van der Waals surface area contributed by atoms with Gasteiger partial charge in [-0.2, -0.15) is 0 Å². The molecule has 0 bridgehead atoms. The summed E-state index contributed by atoms with van der Waals surface area (Å²) in [5, 5.41) is 3.10. The maximum absolute atomic E-state index is 5.23. The fraction of sp³-hybridized carbons (Fsp3) is 1.00. The van der Waals surface area contributed by atoms with Gasteiger partial charge in [0.25, 0.3) is 0 Å². The number of nitrogens with one attached hydrogen (secondary N) is 1. The van der Waals surface area contributed by atoms with Crippen LogP contribution in [-0.4, -0.2) is 267 Å². The van der Waals surface area contributed by atoms with Crippen LogP contribution >= 0.6 is 0 Å². The predicted molar refractivity (Wildman–Crippen MR) is 313 cm³/mol. The molecule has 420 valence electrons. The van der Waals surface area contributed by atoms with Crippen molar-refractivity contribution in [3.05, 3.63) is 0 Å². The lowest BCUT2D eigenvalue weighted by Gasteiger charge is -2.43. The van der Waals surface area contributed by atoms with E-state index in [2.05, 4.69) is 215 Å². The Bertz CT molecular complexity index is 1010. The van der Waals surface area contributed by atoms with E-state index in [0.29, 0.717) is 6.04 Å². The summed E-state index contributed by atoms with van der Waals surface area (Å²) in [4.78, 5) is 24.4. The summed E-state index contributed by atoms with van der Waals surface area (Å²) in [5.74, 6) is 2.46. The highest BCUT2D eigenvalue weighted by atomic mass is 15.3. The van der Waals surface area contributed by atoms with Gasteiger partial charge in [-0.25, -0.2) is 0 Å². The highest BCUT2D eigenvalue weighted by Gasteiger charge is 2.27. The zero-order chi connectivity index (χ0) is 53.6. The van der Waals surface area contributed by atoms with Crippen molar-refractivity contribution in [1.29, 1.82) is 0 Å². The van der Waals surface area contributed by atoms with Crippen molar-refractivity contribution in [1.82, 2.24) is 54.3 Å². The van der Waals surface area contributed by atoms with Gasteiger partial charge in [-0.15, -0.1) is 0 Å². The first-order valence-corrected chi connectivity index (χ1v) is 28.5. The van der Waals surface area contributed by atoms with Crippen LogP contribution in [-0.2, 0) is 0 Å². The number of hydrogen-bond acceptors (Lipinski definition) is 12. The minimum atomic E-state index is 0.667. The van der Waals surface area contributed by atoms with Crippen molar-refractivity contribution in [3.63, 3.8) is 0 Å². The first kappa shape index (κ1) is 72.8. The third kappa shape index (κ3) is 44.7. The van der Waals surface area contributed by atoms with E-state index in [9.17, 15) is 0 Å². The summed E-state index contributed by atoms with van der Waals surface area (Å²) in [5.41, 5.74) is 5.23. The van der Waals surface area contributed by atoms with Crippen molar-refractivity contribution < 1.29 is 0 Å². The minimum Gasteiger partial charge on any atom is -0.330 e. The molecule has 4 rings (SSSR count). The Morgan fingerprint density at radius 3 is 1.12 bits per heavy atom. The maximum Gasteiger partial charge on any atom is 0.0121 e. The Hall–Kier alpha value is -0.480. The number of likely N-dealkylation sites (N-methyl/N-ethyl adjacent to an activating group) is 4. The molecular weight excluding hydrogens is 853 g/mol. The molecule has 0 aliphatic carbocycles. The summed E-state index contributed by atoms with van der Waals surface area (Å²) < 4.78 is 0. The molecule has 4 fully saturated rings. The topological polar surface area (TPSA) is 70.5 Å². The summed E-state index contributed by atoms with van der Waals surface area (Å²) >= 11 is 0. The SMILES string of the molecule is CC(C)CCN.CC(C)CCN(C)C.CC(C)N(C)CCN(C)C.CC(C)N1CCC(N(C)C)CC1.CC(C)N1CCC(N2CCN(C)CC2)CC1.CC(C)N1CCN(C)CC1.CNCCC(C)C. The molecule has 0 atom stereocenters. The Kier molecular flexibility index (Phi) is 47.4. The van der Waals surface area contributed by atoms with E-state index in [4.69, 9.17) is 5.73 Å². The number of nitrogens with two attached hydrogens (primary N) is 1.